The molecule has 2 aliphatic heterocycles. The van der Waals surface area contributed by atoms with E-state index in [1.54, 1.807) is 18.3 Å². The number of sulfone groups is 1. The number of hydrogen-bond donors (Lipinski definition) is 0. The number of fused-ring (bicyclic) bond motifs is 1. The number of pyridine rings is 1. The van der Waals surface area contributed by atoms with E-state index in [1.165, 1.54) is 32.1 Å². The fourth-order valence-electron chi connectivity index (χ4n) is 3.26. The molecular weight excluding hydrogens is 274 g/mol. The molecule has 5 nitrogen and oxygen atoms in total. The third kappa shape index (κ3) is 2.67. The van der Waals surface area contributed by atoms with Gasteiger partial charge in [0, 0.05) is 38.1 Å². The third-order valence-corrected chi connectivity index (χ3v) is 5.40. The molecule has 1 aromatic heterocycles. The van der Waals surface area contributed by atoms with Crippen LogP contribution in [0.3, 0.4) is 0 Å². The van der Waals surface area contributed by atoms with Crippen molar-refractivity contribution in [2.75, 3.05) is 37.3 Å². The number of nitrogens with zero attached hydrogens (tertiary/aromatic N) is 3. The van der Waals surface area contributed by atoms with E-state index in [4.69, 9.17) is 0 Å². The van der Waals surface area contributed by atoms with Crippen LogP contribution in [0.4, 0.5) is 5.82 Å². The Balaban J connectivity index is 1.87. The maximum absolute atomic E-state index is 11.9. The molecule has 1 atom stereocenters. The molecule has 0 saturated carbocycles. The van der Waals surface area contributed by atoms with Crippen molar-refractivity contribution in [3.05, 3.63) is 18.3 Å². The van der Waals surface area contributed by atoms with Gasteiger partial charge in [-0.2, -0.15) is 0 Å². The van der Waals surface area contributed by atoms with Crippen LogP contribution in [-0.4, -0.2) is 56.8 Å². The minimum atomic E-state index is -3.23. The van der Waals surface area contributed by atoms with E-state index in [2.05, 4.69) is 14.8 Å². The van der Waals surface area contributed by atoms with E-state index in [0.717, 1.165) is 19.6 Å². The van der Waals surface area contributed by atoms with E-state index < -0.39 is 9.84 Å². The Morgan fingerprint density at radius 1 is 1.25 bits per heavy atom. The Labute approximate surface area is 120 Å². The fourth-order valence-corrected chi connectivity index (χ4v) is 4.10. The number of piperidine rings is 1. The zero-order chi connectivity index (χ0) is 14.2. The second-order valence-electron chi connectivity index (χ2n) is 5.73. The first-order valence-corrected chi connectivity index (χ1v) is 9.09. The van der Waals surface area contributed by atoms with E-state index >= 15 is 0 Å². The summed E-state index contributed by atoms with van der Waals surface area (Å²) >= 11 is 0. The molecule has 1 unspecified atom stereocenters. The average Bonchev–Trinajstić information content (AvgIpc) is 2.46. The van der Waals surface area contributed by atoms with Gasteiger partial charge in [0.2, 0.25) is 0 Å². The smallest absolute Gasteiger partial charge is 0.179 e. The second kappa shape index (κ2) is 5.33. The van der Waals surface area contributed by atoms with Crippen molar-refractivity contribution in [1.29, 1.82) is 0 Å². The second-order valence-corrected chi connectivity index (χ2v) is 7.71. The summed E-state index contributed by atoms with van der Waals surface area (Å²) in [6.07, 6.45) is 6.70. The lowest BCUT2D eigenvalue weighted by molar-refractivity contribution is 0.133. The molecule has 0 amide bonds. The zero-order valence-corrected chi connectivity index (χ0v) is 12.6. The number of piperazine rings is 1. The van der Waals surface area contributed by atoms with Crippen molar-refractivity contribution in [3.8, 4) is 0 Å². The molecule has 0 spiro atoms. The highest BCUT2D eigenvalue weighted by Gasteiger charge is 2.31. The molecule has 3 heterocycles. The van der Waals surface area contributed by atoms with Crippen LogP contribution >= 0.6 is 0 Å². The first-order valence-electron chi connectivity index (χ1n) is 7.20. The molecule has 3 rings (SSSR count). The number of hydrogen-bond acceptors (Lipinski definition) is 5. The lowest BCUT2D eigenvalue weighted by Gasteiger charge is -2.44. The Morgan fingerprint density at radius 2 is 2.10 bits per heavy atom. The van der Waals surface area contributed by atoms with Crippen LogP contribution < -0.4 is 4.90 Å². The van der Waals surface area contributed by atoms with E-state index in [1.807, 2.05) is 0 Å². The summed E-state index contributed by atoms with van der Waals surface area (Å²) in [7, 11) is -3.23. The summed E-state index contributed by atoms with van der Waals surface area (Å²) in [6.45, 7) is 3.93. The van der Waals surface area contributed by atoms with E-state index in [9.17, 15) is 8.42 Å². The first-order chi connectivity index (χ1) is 9.55. The van der Waals surface area contributed by atoms with Crippen molar-refractivity contribution in [1.82, 2.24) is 9.88 Å². The quantitative estimate of drug-likeness (QED) is 0.819. The topological polar surface area (TPSA) is 53.5 Å². The Kier molecular flexibility index (Phi) is 3.69. The largest absolute Gasteiger partial charge is 0.353 e. The minimum Gasteiger partial charge on any atom is -0.353 e. The van der Waals surface area contributed by atoms with Gasteiger partial charge in [-0.1, -0.05) is 6.42 Å². The standard InChI is InChI=1S/C14H21N3O2S/c1-20(18,19)13-6-4-7-15-14(13)17-10-9-16-8-3-2-5-12(16)11-17/h4,6-7,12H,2-3,5,8-11H2,1H3. The van der Waals surface area contributed by atoms with Crippen LogP contribution in [0.15, 0.2) is 23.2 Å². The first kappa shape index (κ1) is 13.8. The predicted molar refractivity (Wildman–Crippen MR) is 78.8 cm³/mol. The highest BCUT2D eigenvalue weighted by molar-refractivity contribution is 7.90. The Morgan fingerprint density at radius 3 is 2.90 bits per heavy atom. The third-order valence-electron chi connectivity index (χ3n) is 4.29. The molecule has 0 N–H and O–H groups in total. The Hall–Kier alpha value is -1.14. The van der Waals surface area contributed by atoms with E-state index in [-0.39, 0.29) is 0 Å². The lowest BCUT2D eigenvalue weighted by Crippen LogP contribution is -2.55. The number of anilines is 1. The lowest BCUT2D eigenvalue weighted by atomic mass is 9.99. The van der Waals surface area contributed by atoms with Crippen LogP contribution in [-0.2, 0) is 9.84 Å². The van der Waals surface area contributed by atoms with Crippen molar-refractivity contribution >= 4 is 15.7 Å². The Bertz CT molecular complexity index is 588. The maximum Gasteiger partial charge on any atom is 0.179 e. The van der Waals surface area contributed by atoms with Gasteiger partial charge >= 0.3 is 0 Å². The molecule has 110 valence electrons. The molecule has 2 aliphatic rings. The van der Waals surface area contributed by atoms with Gasteiger partial charge in [0.05, 0.1) is 0 Å². The summed E-state index contributed by atoms with van der Waals surface area (Å²) < 4.78 is 23.8. The van der Waals surface area contributed by atoms with Gasteiger partial charge < -0.3 is 4.90 Å². The number of rotatable bonds is 2. The molecule has 0 aromatic carbocycles. The SMILES string of the molecule is CS(=O)(=O)c1cccnc1N1CCN2CCCCC2C1. The molecule has 20 heavy (non-hydrogen) atoms. The van der Waals surface area contributed by atoms with Gasteiger partial charge in [-0.15, -0.1) is 0 Å². The van der Waals surface area contributed by atoms with Gasteiger partial charge in [-0.05, 0) is 31.5 Å². The highest BCUT2D eigenvalue weighted by Crippen LogP contribution is 2.27. The summed E-state index contributed by atoms with van der Waals surface area (Å²) in [5.74, 6) is 0.625. The normalized spacial score (nSPS) is 24.4. The maximum atomic E-state index is 11.9. The van der Waals surface area contributed by atoms with E-state index in [0.29, 0.717) is 16.8 Å². The molecule has 0 radical (unpaired) electrons. The molecule has 0 aliphatic carbocycles. The molecule has 6 heteroatoms. The van der Waals surface area contributed by atoms with Crippen molar-refractivity contribution < 1.29 is 8.42 Å². The van der Waals surface area contributed by atoms with Crippen LogP contribution in [0, 0.1) is 0 Å². The predicted octanol–water partition coefficient (Wildman–Crippen LogP) is 1.16. The molecule has 2 saturated heterocycles. The van der Waals surface area contributed by atoms with Gasteiger partial charge in [0.15, 0.2) is 9.84 Å². The van der Waals surface area contributed by atoms with Crippen LogP contribution in [0.2, 0.25) is 0 Å². The van der Waals surface area contributed by atoms with Gasteiger partial charge in [0.1, 0.15) is 10.7 Å². The van der Waals surface area contributed by atoms with Gasteiger partial charge in [-0.25, -0.2) is 13.4 Å². The highest BCUT2D eigenvalue weighted by atomic mass is 32.2. The monoisotopic (exact) mass is 295 g/mol. The fraction of sp³-hybridized carbons (Fsp3) is 0.643. The summed E-state index contributed by atoms with van der Waals surface area (Å²) in [5, 5.41) is 0. The number of aromatic nitrogens is 1. The summed E-state index contributed by atoms with van der Waals surface area (Å²) in [6, 6.07) is 3.90. The van der Waals surface area contributed by atoms with Crippen molar-refractivity contribution in [2.45, 2.75) is 30.2 Å². The average molecular weight is 295 g/mol. The van der Waals surface area contributed by atoms with Crippen LogP contribution in [0.1, 0.15) is 19.3 Å². The molecular formula is C14H21N3O2S. The minimum absolute atomic E-state index is 0.351. The van der Waals surface area contributed by atoms with Crippen molar-refractivity contribution in [2.24, 2.45) is 0 Å². The molecule has 2 fully saturated rings. The van der Waals surface area contributed by atoms with Crippen LogP contribution in [0.25, 0.3) is 0 Å². The van der Waals surface area contributed by atoms with Crippen LogP contribution in [0.5, 0.6) is 0 Å². The summed E-state index contributed by atoms with van der Waals surface area (Å²) in [4.78, 5) is 9.36. The van der Waals surface area contributed by atoms with Gasteiger partial charge in [0.25, 0.3) is 0 Å². The molecule has 1 aromatic rings. The molecule has 0 bridgehead atoms. The van der Waals surface area contributed by atoms with Gasteiger partial charge in [-0.3, -0.25) is 4.90 Å². The zero-order valence-electron chi connectivity index (χ0n) is 11.8. The van der Waals surface area contributed by atoms with Crippen molar-refractivity contribution in [3.63, 3.8) is 0 Å². The summed E-state index contributed by atoms with van der Waals surface area (Å²) in [5.41, 5.74) is 0.